The summed E-state index contributed by atoms with van der Waals surface area (Å²) in [5.41, 5.74) is 3.05. The van der Waals surface area contributed by atoms with Gasteiger partial charge in [0.25, 0.3) is 0 Å². The van der Waals surface area contributed by atoms with Crippen molar-refractivity contribution < 1.29 is 28.4 Å². The molecule has 0 aromatic heterocycles. The Kier molecular flexibility index (Phi) is 7.84. The maximum absolute atomic E-state index is 7.20. The third kappa shape index (κ3) is 5.94. The number of rotatable bonds is 9. The van der Waals surface area contributed by atoms with E-state index in [-0.39, 0.29) is 17.8 Å². The van der Waals surface area contributed by atoms with Gasteiger partial charge in [-0.05, 0) is 67.4 Å². The summed E-state index contributed by atoms with van der Waals surface area (Å²) >= 11 is 0. The molecule has 226 valence electrons. The van der Waals surface area contributed by atoms with E-state index < -0.39 is 24.8 Å². The Morgan fingerprint density at radius 3 is 1.74 bits per heavy atom. The van der Waals surface area contributed by atoms with Gasteiger partial charge in [0.15, 0.2) is 12.6 Å². The predicted molar refractivity (Wildman–Crippen MR) is 161 cm³/mol. The van der Waals surface area contributed by atoms with Gasteiger partial charge in [-0.1, -0.05) is 91.0 Å². The fourth-order valence-corrected chi connectivity index (χ4v) is 8.74. The Balaban J connectivity index is 1.10. The van der Waals surface area contributed by atoms with Crippen LogP contribution in [-0.4, -0.2) is 42.9 Å². The van der Waals surface area contributed by atoms with Gasteiger partial charge in [0.2, 0.25) is 0 Å². The smallest absolute Gasteiger partial charge is 0.187 e. The van der Waals surface area contributed by atoms with Gasteiger partial charge in [0.1, 0.15) is 24.4 Å². The lowest BCUT2D eigenvalue weighted by molar-refractivity contribution is -0.391. The van der Waals surface area contributed by atoms with Crippen LogP contribution in [0, 0.1) is 17.8 Å². The highest BCUT2D eigenvalue weighted by atomic mass is 16.8. The first kappa shape index (κ1) is 27.9. The van der Waals surface area contributed by atoms with Crippen LogP contribution in [-0.2, 0) is 41.6 Å². The van der Waals surface area contributed by atoms with E-state index in [9.17, 15) is 0 Å². The Morgan fingerprint density at radius 1 is 0.628 bits per heavy atom. The second-order valence-electron chi connectivity index (χ2n) is 13.5. The number of hydrogen-bond acceptors (Lipinski definition) is 6. The molecule has 6 nitrogen and oxygen atoms in total. The summed E-state index contributed by atoms with van der Waals surface area (Å²) in [4.78, 5) is 0. The molecular weight excluding hydrogens is 540 g/mol. The lowest BCUT2D eigenvalue weighted by atomic mass is 9.54. The van der Waals surface area contributed by atoms with E-state index in [0.717, 1.165) is 53.7 Å². The third-order valence-electron chi connectivity index (χ3n) is 10.3. The third-order valence-corrected chi connectivity index (χ3v) is 10.3. The molecule has 3 aromatic rings. The zero-order chi connectivity index (χ0) is 28.6. The van der Waals surface area contributed by atoms with E-state index in [4.69, 9.17) is 28.4 Å². The Hall–Kier alpha value is -2.58. The zero-order valence-corrected chi connectivity index (χ0v) is 24.7. The Labute approximate surface area is 254 Å². The first-order valence-corrected chi connectivity index (χ1v) is 16.2. The number of fused-ring (bicyclic) bond motifs is 1. The molecule has 6 aliphatic rings. The van der Waals surface area contributed by atoms with Crippen molar-refractivity contribution in [3.05, 3.63) is 108 Å². The first-order valence-electron chi connectivity index (χ1n) is 16.2. The predicted octanol–water partition coefficient (Wildman–Crippen LogP) is 6.98. The molecule has 2 saturated heterocycles. The van der Waals surface area contributed by atoms with Gasteiger partial charge in [-0.25, -0.2) is 0 Å². The second kappa shape index (κ2) is 12.1. The minimum Gasteiger partial charge on any atom is -0.368 e. The van der Waals surface area contributed by atoms with Crippen molar-refractivity contribution >= 4 is 0 Å². The summed E-state index contributed by atoms with van der Waals surface area (Å²) in [7, 11) is 0. The van der Waals surface area contributed by atoms with Crippen molar-refractivity contribution in [1.82, 2.24) is 0 Å². The average molecular weight is 583 g/mol. The van der Waals surface area contributed by atoms with Crippen LogP contribution in [0.4, 0.5) is 0 Å². The fraction of sp³-hybridized carbons (Fsp3) is 0.514. The molecule has 0 unspecified atom stereocenters. The standard InChI is InChI=1S/C37H42O6/c1-4-10-25(11-5-1)22-38-33-32-31(24-40-35(42-32)30-14-8-3-9-15-30)41-36(34(33)39-23-26-12-6-2-7-13-26)43-37-19-27-16-28(20-37)18-29(17-27)21-37/h1-15,27-29,31-36H,16-24H2/t27?,28?,29?,31-,32+,33+,34-,35+,36-,37?/m1/s1. The molecule has 0 N–H and O–H groups in total. The van der Waals surface area contributed by atoms with Crippen LogP contribution in [0.15, 0.2) is 91.0 Å². The van der Waals surface area contributed by atoms with Crippen molar-refractivity contribution in [2.45, 2.75) is 94.3 Å². The van der Waals surface area contributed by atoms with E-state index in [2.05, 4.69) is 24.3 Å². The maximum atomic E-state index is 7.20. The highest BCUT2D eigenvalue weighted by Gasteiger charge is 2.57. The molecule has 4 aliphatic carbocycles. The average Bonchev–Trinajstić information content (AvgIpc) is 3.03. The monoisotopic (exact) mass is 582 g/mol. The van der Waals surface area contributed by atoms with E-state index in [1.54, 1.807) is 0 Å². The van der Waals surface area contributed by atoms with Gasteiger partial charge < -0.3 is 28.4 Å². The molecular formula is C37H42O6. The molecule has 0 radical (unpaired) electrons. The maximum Gasteiger partial charge on any atom is 0.187 e. The highest BCUT2D eigenvalue weighted by Crippen LogP contribution is 2.58. The molecule has 43 heavy (non-hydrogen) atoms. The molecule has 0 amide bonds. The first-order chi connectivity index (χ1) is 21.2. The van der Waals surface area contributed by atoms with Gasteiger partial charge in [-0.15, -0.1) is 0 Å². The van der Waals surface area contributed by atoms with Crippen LogP contribution in [0.3, 0.4) is 0 Å². The van der Waals surface area contributed by atoms with Gasteiger partial charge in [-0.3, -0.25) is 0 Å². The summed E-state index contributed by atoms with van der Waals surface area (Å²) in [6.07, 6.45) is 4.81. The molecule has 0 spiro atoms. The van der Waals surface area contributed by atoms with E-state index in [0.29, 0.717) is 19.8 Å². The lowest BCUT2D eigenvalue weighted by Crippen LogP contribution is -2.65. The van der Waals surface area contributed by atoms with E-state index >= 15 is 0 Å². The van der Waals surface area contributed by atoms with Gasteiger partial charge in [0.05, 0.1) is 25.4 Å². The van der Waals surface area contributed by atoms with Crippen LogP contribution in [0.1, 0.15) is 61.5 Å². The van der Waals surface area contributed by atoms with Crippen molar-refractivity contribution in [3.8, 4) is 0 Å². The summed E-state index contributed by atoms with van der Waals surface area (Å²) in [5, 5.41) is 0. The molecule has 4 bridgehead atoms. The Morgan fingerprint density at radius 2 is 1.16 bits per heavy atom. The molecule has 2 heterocycles. The van der Waals surface area contributed by atoms with Crippen molar-refractivity contribution in [2.24, 2.45) is 17.8 Å². The lowest BCUT2D eigenvalue weighted by Gasteiger charge is -2.58. The quantitative estimate of drug-likeness (QED) is 0.271. The summed E-state index contributed by atoms with van der Waals surface area (Å²) in [6.45, 7) is 1.29. The summed E-state index contributed by atoms with van der Waals surface area (Å²) in [6, 6.07) is 30.7. The van der Waals surface area contributed by atoms with Crippen molar-refractivity contribution in [3.63, 3.8) is 0 Å². The normalized spacial score (nSPS) is 38.1. The van der Waals surface area contributed by atoms with E-state index in [1.807, 2.05) is 66.7 Å². The fourth-order valence-electron chi connectivity index (χ4n) is 8.74. The zero-order valence-electron chi connectivity index (χ0n) is 24.7. The van der Waals surface area contributed by atoms with E-state index in [1.165, 1.54) is 19.3 Å². The second-order valence-corrected chi connectivity index (χ2v) is 13.5. The van der Waals surface area contributed by atoms with Gasteiger partial charge in [-0.2, -0.15) is 0 Å². The van der Waals surface area contributed by atoms with Crippen LogP contribution in [0.25, 0.3) is 0 Å². The molecule has 4 saturated carbocycles. The Bertz CT molecular complexity index is 1300. The molecule has 6 heteroatoms. The number of ether oxygens (including phenoxy) is 6. The molecule has 3 aromatic carbocycles. The van der Waals surface area contributed by atoms with Gasteiger partial charge >= 0.3 is 0 Å². The SMILES string of the molecule is c1ccc(CO[C@H]2[C@H]3O[C@@H](c4ccccc4)OC[C@H]3O[C@H](OC34CC5CC(CC(C5)C3)C4)[C@@H]2OCc2ccccc2)cc1. The number of hydrogen-bond donors (Lipinski definition) is 0. The van der Waals surface area contributed by atoms with Crippen molar-refractivity contribution in [2.75, 3.05) is 6.61 Å². The van der Waals surface area contributed by atoms with Crippen LogP contribution < -0.4 is 0 Å². The minimum absolute atomic E-state index is 0.145. The molecule has 2 aliphatic heterocycles. The molecule has 9 rings (SSSR count). The molecule has 6 atom stereocenters. The topological polar surface area (TPSA) is 55.4 Å². The minimum atomic E-state index is -0.567. The van der Waals surface area contributed by atoms with Gasteiger partial charge in [0, 0.05) is 5.56 Å². The van der Waals surface area contributed by atoms with Crippen molar-refractivity contribution in [1.29, 1.82) is 0 Å². The highest BCUT2D eigenvalue weighted by molar-refractivity contribution is 5.18. The summed E-state index contributed by atoms with van der Waals surface area (Å²) in [5.74, 6) is 2.30. The van der Waals surface area contributed by atoms with Crippen LogP contribution in [0.2, 0.25) is 0 Å². The largest absolute Gasteiger partial charge is 0.368 e. The molecule has 6 fully saturated rings. The summed E-state index contributed by atoms with van der Waals surface area (Å²) < 4.78 is 40.6. The number of benzene rings is 3. The van der Waals surface area contributed by atoms with Crippen LogP contribution >= 0.6 is 0 Å². The van der Waals surface area contributed by atoms with Crippen LogP contribution in [0.5, 0.6) is 0 Å².